The van der Waals surface area contributed by atoms with Gasteiger partial charge in [0.15, 0.2) is 5.69 Å². The Hall–Kier alpha value is -2.50. The van der Waals surface area contributed by atoms with Crippen molar-refractivity contribution >= 4 is 22.4 Å². The summed E-state index contributed by atoms with van der Waals surface area (Å²) in [5, 5.41) is 9.60. The number of benzene rings is 1. The van der Waals surface area contributed by atoms with E-state index in [2.05, 4.69) is 15.6 Å². The largest absolute Gasteiger partial charge is 0.292 e. The van der Waals surface area contributed by atoms with Crippen LogP contribution in [0.3, 0.4) is 0 Å². The van der Waals surface area contributed by atoms with Crippen molar-refractivity contribution < 1.29 is 4.79 Å². The van der Waals surface area contributed by atoms with Gasteiger partial charge in [-0.25, -0.2) is 10.1 Å². The van der Waals surface area contributed by atoms with Gasteiger partial charge in [-0.2, -0.15) is 10.2 Å². The first-order valence-electron chi connectivity index (χ1n) is 9.45. The quantitative estimate of drug-likeness (QED) is 0.844. The fraction of sp³-hybridized carbons (Fsp3) is 0.500. The van der Waals surface area contributed by atoms with Crippen LogP contribution in [0.25, 0.3) is 10.8 Å². The maximum Gasteiger partial charge on any atom is 0.292 e. The van der Waals surface area contributed by atoms with Crippen LogP contribution in [-0.2, 0) is 7.05 Å². The standard InChI is InChI=1S/C20H24N4O2/c1-24-20(26)17-9-5-4-8-16(17)18(23-24)19(25)22-21-15-11-10-13-6-2-3-7-14(13)12-15/h4-5,8-9,13-14H,2-3,6-7,10-12H2,1H3,(H,22,25)/b21-15-/t13-,14+/m0/s1. The molecule has 0 radical (unpaired) electrons. The second-order valence-corrected chi connectivity index (χ2v) is 7.49. The van der Waals surface area contributed by atoms with Crippen LogP contribution in [0.1, 0.15) is 55.4 Å². The fourth-order valence-electron chi connectivity index (χ4n) is 4.44. The highest BCUT2D eigenvalue weighted by molar-refractivity contribution is 6.05. The Morgan fingerprint density at radius 3 is 2.69 bits per heavy atom. The third-order valence-corrected chi connectivity index (χ3v) is 5.86. The van der Waals surface area contributed by atoms with Crippen molar-refractivity contribution in [3.63, 3.8) is 0 Å². The predicted molar refractivity (Wildman–Crippen MR) is 101 cm³/mol. The molecule has 2 aromatic rings. The average Bonchev–Trinajstić information content (AvgIpc) is 2.68. The molecule has 26 heavy (non-hydrogen) atoms. The third-order valence-electron chi connectivity index (χ3n) is 5.86. The highest BCUT2D eigenvalue weighted by atomic mass is 16.2. The summed E-state index contributed by atoms with van der Waals surface area (Å²) in [4.78, 5) is 24.8. The molecule has 0 spiro atoms. The first kappa shape index (κ1) is 16.9. The fourth-order valence-corrected chi connectivity index (χ4v) is 4.44. The van der Waals surface area contributed by atoms with Crippen LogP contribution in [0.5, 0.6) is 0 Å². The van der Waals surface area contributed by atoms with Crippen molar-refractivity contribution in [1.82, 2.24) is 15.2 Å². The number of hydrogen-bond donors (Lipinski definition) is 1. The number of carbonyl (C=O) groups excluding carboxylic acids is 1. The lowest BCUT2D eigenvalue weighted by Gasteiger charge is -2.35. The molecule has 2 saturated carbocycles. The number of nitrogens with one attached hydrogen (secondary N) is 1. The molecule has 2 aliphatic carbocycles. The summed E-state index contributed by atoms with van der Waals surface area (Å²) in [5.74, 6) is 1.20. The Morgan fingerprint density at radius 2 is 1.88 bits per heavy atom. The van der Waals surface area contributed by atoms with Gasteiger partial charge in [-0.15, -0.1) is 0 Å². The van der Waals surface area contributed by atoms with Crippen LogP contribution in [0.2, 0.25) is 0 Å². The predicted octanol–water partition coefficient (Wildman–Crippen LogP) is 3.01. The lowest BCUT2D eigenvalue weighted by Crippen LogP contribution is -2.31. The molecule has 1 N–H and O–H groups in total. The third kappa shape index (κ3) is 3.16. The molecule has 2 aliphatic rings. The molecule has 1 aromatic carbocycles. The van der Waals surface area contributed by atoms with Gasteiger partial charge in [0, 0.05) is 18.1 Å². The molecule has 2 atom stereocenters. The number of aromatic nitrogens is 2. The molecule has 2 fully saturated rings. The topological polar surface area (TPSA) is 76.3 Å². The molecule has 0 bridgehead atoms. The van der Waals surface area contributed by atoms with Crippen LogP contribution >= 0.6 is 0 Å². The molecule has 0 saturated heterocycles. The van der Waals surface area contributed by atoms with Gasteiger partial charge in [0.2, 0.25) is 0 Å². The van der Waals surface area contributed by atoms with Crippen molar-refractivity contribution in [2.24, 2.45) is 24.0 Å². The minimum Gasteiger partial charge on any atom is -0.267 e. The highest BCUT2D eigenvalue weighted by Gasteiger charge is 2.30. The van der Waals surface area contributed by atoms with E-state index in [1.165, 1.54) is 36.8 Å². The zero-order chi connectivity index (χ0) is 18.1. The number of nitrogens with zero attached hydrogens (tertiary/aromatic N) is 3. The minimum atomic E-state index is -0.366. The lowest BCUT2D eigenvalue weighted by molar-refractivity contribution is 0.0949. The Balaban J connectivity index is 1.55. The second kappa shape index (κ2) is 7.02. The molecule has 1 amide bonds. The van der Waals surface area contributed by atoms with Gasteiger partial charge in [-0.05, 0) is 43.6 Å². The van der Waals surface area contributed by atoms with Crippen LogP contribution in [0.15, 0.2) is 34.2 Å². The molecule has 0 unspecified atom stereocenters. The number of fused-ring (bicyclic) bond motifs is 2. The van der Waals surface area contributed by atoms with Crippen molar-refractivity contribution in [3.05, 3.63) is 40.3 Å². The summed E-state index contributed by atoms with van der Waals surface area (Å²) < 4.78 is 1.21. The van der Waals surface area contributed by atoms with E-state index in [1.54, 1.807) is 31.3 Å². The summed E-state index contributed by atoms with van der Waals surface area (Å²) in [6, 6.07) is 7.05. The van der Waals surface area contributed by atoms with E-state index in [0.717, 1.165) is 30.4 Å². The van der Waals surface area contributed by atoms with Gasteiger partial charge in [-0.1, -0.05) is 37.5 Å². The molecule has 6 heteroatoms. The lowest BCUT2D eigenvalue weighted by atomic mass is 9.70. The highest BCUT2D eigenvalue weighted by Crippen LogP contribution is 2.39. The van der Waals surface area contributed by atoms with E-state index in [0.29, 0.717) is 10.8 Å². The van der Waals surface area contributed by atoms with Gasteiger partial charge in [0.05, 0.1) is 5.39 Å². The van der Waals surface area contributed by atoms with E-state index < -0.39 is 0 Å². The molecular weight excluding hydrogens is 328 g/mol. The van der Waals surface area contributed by atoms with Crippen LogP contribution in [0.4, 0.5) is 0 Å². The molecule has 4 rings (SSSR count). The summed E-state index contributed by atoms with van der Waals surface area (Å²) >= 11 is 0. The Labute approximate surface area is 152 Å². The maximum absolute atomic E-state index is 12.7. The smallest absolute Gasteiger partial charge is 0.267 e. The zero-order valence-electron chi connectivity index (χ0n) is 15.1. The zero-order valence-corrected chi connectivity index (χ0v) is 15.1. The monoisotopic (exact) mass is 352 g/mol. The van der Waals surface area contributed by atoms with E-state index in [9.17, 15) is 9.59 Å². The molecule has 0 aliphatic heterocycles. The number of rotatable bonds is 2. The van der Waals surface area contributed by atoms with E-state index in [4.69, 9.17) is 0 Å². The minimum absolute atomic E-state index is 0.209. The van der Waals surface area contributed by atoms with Crippen molar-refractivity contribution in [3.8, 4) is 0 Å². The van der Waals surface area contributed by atoms with Gasteiger partial charge < -0.3 is 0 Å². The number of amides is 1. The number of aryl methyl sites for hydroxylation is 1. The first-order valence-corrected chi connectivity index (χ1v) is 9.45. The van der Waals surface area contributed by atoms with Gasteiger partial charge in [-0.3, -0.25) is 9.59 Å². The average molecular weight is 352 g/mol. The Bertz CT molecular complexity index is 931. The summed E-state index contributed by atoms with van der Waals surface area (Å²) in [7, 11) is 1.56. The van der Waals surface area contributed by atoms with Crippen LogP contribution in [-0.4, -0.2) is 21.4 Å². The van der Waals surface area contributed by atoms with Crippen molar-refractivity contribution in [2.45, 2.75) is 44.9 Å². The number of hydrogen-bond acceptors (Lipinski definition) is 4. The van der Waals surface area contributed by atoms with E-state index in [1.807, 2.05) is 0 Å². The first-order chi connectivity index (χ1) is 12.6. The molecular formula is C20H24N4O2. The summed E-state index contributed by atoms with van der Waals surface area (Å²) in [5.41, 5.74) is 3.78. The van der Waals surface area contributed by atoms with Crippen molar-refractivity contribution in [2.75, 3.05) is 0 Å². The molecule has 6 nitrogen and oxygen atoms in total. The summed E-state index contributed by atoms with van der Waals surface area (Å²) in [6.07, 6.45) is 8.43. The molecule has 1 aromatic heterocycles. The van der Waals surface area contributed by atoms with E-state index in [-0.39, 0.29) is 17.2 Å². The van der Waals surface area contributed by atoms with Gasteiger partial charge >= 0.3 is 0 Å². The van der Waals surface area contributed by atoms with Gasteiger partial charge in [0.25, 0.3) is 11.5 Å². The number of hydrazone groups is 1. The molecule has 1 heterocycles. The van der Waals surface area contributed by atoms with Crippen molar-refractivity contribution in [1.29, 1.82) is 0 Å². The Kier molecular flexibility index (Phi) is 4.57. The Morgan fingerprint density at radius 1 is 1.15 bits per heavy atom. The van der Waals surface area contributed by atoms with Crippen LogP contribution < -0.4 is 11.0 Å². The number of carbonyl (C=O) groups is 1. The van der Waals surface area contributed by atoms with Crippen LogP contribution in [0, 0.1) is 11.8 Å². The summed E-state index contributed by atoms with van der Waals surface area (Å²) in [6.45, 7) is 0. The second-order valence-electron chi connectivity index (χ2n) is 7.49. The maximum atomic E-state index is 12.7. The normalized spacial score (nSPS) is 24.4. The SMILES string of the molecule is Cn1nc(C(=O)N/N=C2/CC[C@@H]3CCCC[C@@H]3C2)c2ccccc2c1=O. The van der Waals surface area contributed by atoms with Gasteiger partial charge in [0.1, 0.15) is 0 Å². The van der Waals surface area contributed by atoms with E-state index >= 15 is 0 Å². The molecule has 136 valence electrons.